The summed E-state index contributed by atoms with van der Waals surface area (Å²) in [5, 5.41) is 10.0. The van der Waals surface area contributed by atoms with Gasteiger partial charge in [-0.15, -0.1) is 0 Å². The van der Waals surface area contributed by atoms with E-state index < -0.39 is 0 Å². The van der Waals surface area contributed by atoms with Crippen molar-refractivity contribution in [2.45, 2.75) is 58.7 Å². The minimum Gasteiger partial charge on any atom is -0.393 e. The number of hydrogen-bond acceptors (Lipinski definition) is 3. The van der Waals surface area contributed by atoms with Crippen LogP contribution >= 0.6 is 0 Å². The van der Waals surface area contributed by atoms with Gasteiger partial charge in [0.15, 0.2) is 0 Å². The Morgan fingerprint density at radius 2 is 2.06 bits per heavy atom. The van der Waals surface area contributed by atoms with Gasteiger partial charge in [0, 0.05) is 20.2 Å². The summed E-state index contributed by atoms with van der Waals surface area (Å²) in [4.78, 5) is 2.42. The Hall–Kier alpha value is -0.120. The lowest BCUT2D eigenvalue weighted by Crippen LogP contribution is -2.48. The summed E-state index contributed by atoms with van der Waals surface area (Å²) in [5.74, 6) is 0. The predicted molar refractivity (Wildman–Crippen MR) is 71.2 cm³/mol. The molecule has 0 aromatic heterocycles. The topological polar surface area (TPSA) is 32.7 Å². The minimum atomic E-state index is -0.224. The summed E-state index contributed by atoms with van der Waals surface area (Å²) < 4.78 is 5.58. The Labute approximate surface area is 106 Å². The van der Waals surface area contributed by atoms with Gasteiger partial charge in [-0.2, -0.15) is 0 Å². The minimum absolute atomic E-state index is 0.00490. The van der Waals surface area contributed by atoms with E-state index in [1.807, 2.05) is 0 Å². The molecule has 0 radical (unpaired) electrons. The van der Waals surface area contributed by atoms with Crippen molar-refractivity contribution in [3.05, 3.63) is 0 Å². The fourth-order valence-corrected chi connectivity index (χ4v) is 2.40. The maximum atomic E-state index is 10.0. The number of hydrogen-bond donors (Lipinski definition) is 1. The van der Waals surface area contributed by atoms with Crippen molar-refractivity contribution < 1.29 is 9.84 Å². The van der Waals surface area contributed by atoms with E-state index in [2.05, 4.69) is 32.6 Å². The lowest BCUT2D eigenvalue weighted by molar-refractivity contribution is -0.0551. The third-order valence-corrected chi connectivity index (χ3v) is 3.95. The molecule has 0 aromatic carbocycles. The molecule has 102 valence electrons. The maximum absolute atomic E-state index is 10.0. The molecule has 2 unspecified atom stereocenters. The molecular weight excluding hydrogens is 214 g/mol. The summed E-state index contributed by atoms with van der Waals surface area (Å²) in [5.41, 5.74) is -0.00865. The predicted octanol–water partition coefficient (Wildman–Crippen LogP) is 2.28. The quantitative estimate of drug-likeness (QED) is 0.822. The van der Waals surface area contributed by atoms with Crippen LogP contribution in [0.1, 0.15) is 47.0 Å². The SMILES string of the molecule is COC1(C)CCCN(CCC(O)C(C)(C)C)C1. The van der Waals surface area contributed by atoms with Gasteiger partial charge in [0.05, 0.1) is 11.7 Å². The van der Waals surface area contributed by atoms with Crippen LogP contribution in [-0.2, 0) is 4.74 Å². The highest BCUT2D eigenvalue weighted by Gasteiger charge is 2.31. The summed E-state index contributed by atoms with van der Waals surface area (Å²) in [6.45, 7) is 11.5. The van der Waals surface area contributed by atoms with Crippen LogP contribution in [0.5, 0.6) is 0 Å². The summed E-state index contributed by atoms with van der Waals surface area (Å²) in [7, 11) is 1.80. The summed E-state index contributed by atoms with van der Waals surface area (Å²) >= 11 is 0. The van der Waals surface area contributed by atoms with Crippen molar-refractivity contribution in [3.63, 3.8) is 0 Å². The molecule has 1 fully saturated rings. The van der Waals surface area contributed by atoms with Gasteiger partial charge in [0.2, 0.25) is 0 Å². The second kappa shape index (κ2) is 5.68. The van der Waals surface area contributed by atoms with E-state index >= 15 is 0 Å². The molecule has 0 saturated carbocycles. The Morgan fingerprint density at radius 1 is 1.41 bits per heavy atom. The van der Waals surface area contributed by atoms with Crippen molar-refractivity contribution in [3.8, 4) is 0 Å². The first-order valence-electron chi connectivity index (χ1n) is 6.72. The average molecular weight is 243 g/mol. The van der Waals surface area contributed by atoms with Gasteiger partial charge in [-0.1, -0.05) is 20.8 Å². The molecule has 2 atom stereocenters. The third kappa shape index (κ3) is 4.57. The molecule has 1 saturated heterocycles. The van der Waals surface area contributed by atoms with Gasteiger partial charge in [-0.3, -0.25) is 0 Å². The highest BCUT2D eigenvalue weighted by atomic mass is 16.5. The zero-order chi connectivity index (χ0) is 13.1. The van der Waals surface area contributed by atoms with Gasteiger partial charge >= 0.3 is 0 Å². The summed E-state index contributed by atoms with van der Waals surface area (Å²) in [6, 6.07) is 0. The molecule has 3 heteroatoms. The van der Waals surface area contributed by atoms with E-state index in [0.29, 0.717) is 0 Å². The van der Waals surface area contributed by atoms with E-state index in [4.69, 9.17) is 4.74 Å². The summed E-state index contributed by atoms with van der Waals surface area (Å²) in [6.07, 6.45) is 2.96. The number of ether oxygens (including phenoxy) is 1. The Kier molecular flexibility index (Phi) is 4.99. The van der Waals surface area contributed by atoms with Crippen molar-refractivity contribution in [1.29, 1.82) is 0 Å². The fraction of sp³-hybridized carbons (Fsp3) is 1.00. The van der Waals surface area contributed by atoms with Crippen LogP contribution in [0.25, 0.3) is 0 Å². The first-order chi connectivity index (χ1) is 7.77. The van der Waals surface area contributed by atoms with Crippen molar-refractivity contribution in [1.82, 2.24) is 4.90 Å². The first-order valence-corrected chi connectivity index (χ1v) is 6.72. The molecular formula is C14H29NO2. The smallest absolute Gasteiger partial charge is 0.0777 e. The molecule has 17 heavy (non-hydrogen) atoms. The highest BCUT2D eigenvalue weighted by molar-refractivity contribution is 4.85. The third-order valence-electron chi connectivity index (χ3n) is 3.95. The van der Waals surface area contributed by atoms with Crippen molar-refractivity contribution >= 4 is 0 Å². The lowest BCUT2D eigenvalue weighted by atomic mass is 9.87. The largest absolute Gasteiger partial charge is 0.393 e. The second-order valence-corrected chi connectivity index (χ2v) is 6.70. The van der Waals surface area contributed by atoms with Gasteiger partial charge in [-0.05, 0) is 38.1 Å². The monoisotopic (exact) mass is 243 g/mol. The van der Waals surface area contributed by atoms with E-state index in [1.54, 1.807) is 7.11 Å². The zero-order valence-electron chi connectivity index (χ0n) is 12.1. The molecule has 0 amide bonds. The average Bonchev–Trinajstić information content (AvgIpc) is 2.25. The van der Waals surface area contributed by atoms with Crippen LogP contribution in [0.15, 0.2) is 0 Å². The molecule has 1 heterocycles. The van der Waals surface area contributed by atoms with E-state index in [-0.39, 0.29) is 17.1 Å². The van der Waals surface area contributed by atoms with E-state index in [1.165, 1.54) is 6.42 Å². The molecule has 0 bridgehead atoms. The van der Waals surface area contributed by atoms with Crippen LogP contribution in [0.4, 0.5) is 0 Å². The molecule has 1 N–H and O–H groups in total. The molecule has 3 nitrogen and oxygen atoms in total. The van der Waals surface area contributed by atoms with Crippen molar-refractivity contribution in [2.75, 3.05) is 26.7 Å². The molecule has 0 spiro atoms. The number of aliphatic hydroxyl groups is 1. The standard InChI is InChI=1S/C14H29NO2/c1-13(2,3)12(16)7-10-15-9-6-8-14(4,11-15)17-5/h12,16H,6-11H2,1-5H3. The van der Waals surface area contributed by atoms with Crippen molar-refractivity contribution in [2.24, 2.45) is 5.41 Å². The highest BCUT2D eigenvalue weighted by Crippen LogP contribution is 2.26. The molecule has 1 aliphatic heterocycles. The number of nitrogens with zero attached hydrogens (tertiary/aromatic N) is 1. The maximum Gasteiger partial charge on any atom is 0.0777 e. The fourth-order valence-electron chi connectivity index (χ4n) is 2.40. The van der Waals surface area contributed by atoms with E-state index in [0.717, 1.165) is 32.5 Å². The number of piperidine rings is 1. The Bertz CT molecular complexity index is 237. The number of rotatable bonds is 4. The van der Waals surface area contributed by atoms with Gasteiger partial charge in [-0.25, -0.2) is 0 Å². The van der Waals surface area contributed by atoms with E-state index in [9.17, 15) is 5.11 Å². The normalized spacial score (nSPS) is 29.3. The van der Waals surface area contributed by atoms with Gasteiger partial charge in [0.25, 0.3) is 0 Å². The van der Waals surface area contributed by atoms with Crippen LogP contribution in [0, 0.1) is 5.41 Å². The molecule has 0 aromatic rings. The van der Waals surface area contributed by atoms with Gasteiger partial charge in [0.1, 0.15) is 0 Å². The number of methoxy groups -OCH3 is 1. The molecule has 0 aliphatic carbocycles. The molecule has 1 rings (SSSR count). The lowest BCUT2D eigenvalue weighted by Gasteiger charge is -2.40. The van der Waals surface area contributed by atoms with Crippen LogP contribution < -0.4 is 0 Å². The van der Waals surface area contributed by atoms with Crippen LogP contribution in [-0.4, -0.2) is 48.5 Å². The van der Waals surface area contributed by atoms with Crippen LogP contribution in [0.3, 0.4) is 0 Å². The second-order valence-electron chi connectivity index (χ2n) is 6.70. The first kappa shape index (κ1) is 14.9. The number of likely N-dealkylation sites (tertiary alicyclic amines) is 1. The van der Waals surface area contributed by atoms with Gasteiger partial charge < -0.3 is 14.7 Å². The van der Waals surface area contributed by atoms with Crippen LogP contribution in [0.2, 0.25) is 0 Å². The number of aliphatic hydroxyl groups excluding tert-OH is 1. The Balaban J connectivity index is 2.37. The zero-order valence-corrected chi connectivity index (χ0v) is 12.1. The Morgan fingerprint density at radius 3 is 2.59 bits per heavy atom. The molecule has 1 aliphatic rings.